The first-order valence-electron chi connectivity index (χ1n) is 5.06. The molecule has 0 spiro atoms. The fourth-order valence-electron chi connectivity index (χ4n) is 1.55. The minimum Gasteiger partial charge on any atom is -0.480 e. The SMILES string of the molecule is CCOC(=O)c1cnn2c(OC)c(Cl)ccc12. The number of esters is 1. The number of carbonyl (C=O) groups is 1. The molecule has 0 saturated heterocycles. The Balaban J connectivity index is 2.59. The molecule has 0 unspecified atom stereocenters. The van der Waals surface area contributed by atoms with Crippen LogP contribution < -0.4 is 4.74 Å². The molecule has 0 aliphatic heterocycles. The first-order valence-corrected chi connectivity index (χ1v) is 5.44. The van der Waals surface area contributed by atoms with Gasteiger partial charge >= 0.3 is 5.97 Å². The summed E-state index contributed by atoms with van der Waals surface area (Å²) in [7, 11) is 1.49. The zero-order chi connectivity index (χ0) is 12.4. The van der Waals surface area contributed by atoms with Gasteiger partial charge < -0.3 is 9.47 Å². The maximum atomic E-state index is 11.7. The highest BCUT2D eigenvalue weighted by Gasteiger charge is 2.16. The summed E-state index contributed by atoms with van der Waals surface area (Å²) < 4.78 is 11.5. The normalized spacial score (nSPS) is 10.5. The summed E-state index contributed by atoms with van der Waals surface area (Å²) in [6, 6.07) is 3.35. The molecule has 2 heterocycles. The number of pyridine rings is 1. The molecule has 6 heteroatoms. The van der Waals surface area contributed by atoms with Crippen molar-refractivity contribution in [2.24, 2.45) is 0 Å². The topological polar surface area (TPSA) is 52.8 Å². The van der Waals surface area contributed by atoms with E-state index in [1.165, 1.54) is 17.8 Å². The number of hydrogen-bond donors (Lipinski definition) is 0. The van der Waals surface area contributed by atoms with Gasteiger partial charge in [-0.25, -0.2) is 4.79 Å². The van der Waals surface area contributed by atoms with Gasteiger partial charge in [-0.05, 0) is 19.1 Å². The number of ether oxygens (including phenoxy) is 2. The first-order chi connectivity index (χ1) is 8.19. The fourth-order valence-corrected chi connectivity index (χ4v) is 1.77. The lowest BCUT2D eigenvalue weighted by Gasteiger charge is -2.05. The lowest BCUT2D eigenvalue weighted by molar-refractivity contribution is 0.0528. The molecule has 5 nitrogen and oxygen atoms in total. The van der Waals surface area contributed by atoms with E-state index in [2.05, 4.69) is 5.10 Å². The van der Waals surface area contributed by atoms with Gasteiger partial charge in [-0.3, -0.25) is 0 Å². The highest BCUT2D eigenvalue weighted by atomic mass is 35.5. The average Bonchev–Trinajstić information content (AvgIpc) is 2.73. The van der Waals surface area contributed by atoms with E-state index in [9.17, 15) is 4.79 Å². The highest BCUT2D eigenvalue weighted by molar-refractivity contribution is 6.32. The lowest BCUT2D eigenvalue weighted by atomic mass is 10.2. The van der Waals surface area contributed by atoms with Crippen molar-refractivity contribution >= 4 is 23.1 Å². The molecule has 90 valence electrons. The molecular weight excluding hydrogens is 244 g/mol. The molecule has 0 aromatic carbocycles. The van der Waals surface area contributed by atoms with Crippen LogP contribution in [-0.4, -0.2) is 29.3 Å². The Hall–Kier alpha value is -1.75. The minimum atomic E-state index is -0.410. The van der Waals surface area contributed by atoms with Crippen LogP contribution >= 0.6 is 11.6 Å². The molecule has 0 N–H and O–H groups in total. The molecule has 0 atom stereocenters. The van der Waals surface area contributed by atoms with E-state index < -0.39 is 5.97 Å². The third-order valence-electron chi connectivity index (χ3n) is 2.28. The van der Waals surface area contributed by atoms with Crippen molar-refractivity contribution in [2.45, 2.75) is 6.92 Å². The Bertz CT molecular complexity index is 565. The Morgan fingerprint density at radius 2 is 2.29 bits per heavy atom. The molecular formula is C11H11ClN2O3. The summed E-state index contributed by atoms with van der Waals surface area (Å²) in [6.07, 6.45) is 1.44. The van der Waals surface area contributed by atoms with Crippen molar-refractivity contribution in [3.8, 4) is 5.88 Å². The fraction of sp³-hybridized carbons (Fsp3) is 0.273. The number of hydrogen-bond acceptors (Lipinski definition) is 4. The van der Waals surface area contributed by atoms with Crippen LogP contribution in [0.15, 0.2) is 18.3 Å². The van der Waals surface area contributed by atoms with E-state index >= 15 is 0 Å². The highest BCUT2D eigenvalue weighted by Crippen LogP contribution is 2.26. The van der Waals surface area contributed by atoms with E-state index in [0.717, 1.165) is 0 Å². The molecule has 0 amide bonds. The van der Waals surface area contributed by atoms with Crippen molar-refractivity contribution in [1.29, 1.82) is 0 Å². The Kier molecular flexibility index (Phi) is 3.19. The third kappa shape index (κ3) is 1.93. The molecule has 0 aliphatic carbocycles. The second kappa shape index (κ2) is 4.63. The number of rotatable bonds is 3. The van der Waals surface area contributed by atoms with Gasteiger partial charge in [-0.1, -0.05) is 11.6 Å². The standard InChI is InChI=1S/C11H11ClN2O3/c1-3-17-11(15)7-6-13-14-9(7)5-4-8(12)10(14)16-2/h4-6H,3H2,1-2H3. The lowest BCUT2D eigenvalue weighted by Crippen LogP contribution is -2.04. The predicted molar refractivity (Wildman–Crippen MR) is 62.7 cm³/mol. The van der Waals surface area contributed by atoms with Crippen LogP contribution in [0.2, 0.25) is 5.02 Å². The third-order valence-corrected chi connectivity index (χ3v) is 2.57. The van der Waals surface area contributed by atoms with Crippen molar-refractivity contribution < 1.29 is 14.3 Å². The van der Waals surface area contributed by atoms with E-state index in [4.69, 9.17) is 21.1 Å². The van der Waals surface area contributed by atoms with Crippen molar-refractivity contribution in [3.05, 3.63) is 28.9 Å². The number of methoxy groups -OCH3 is 1. The van der Waals surface area contributed by atoms with E-state index in [0.29, 0.717) is 28.6 Å². The summed E-state index contributed by atoms with van der Waals surface area (Å²) in [4.78, 5) is 11.7. The van der Waals surface area contributed by atoms with Crippen LogP contribution in [0.5, 0.6) is 5.88 Å². The van der Waals surface area contributed by atoms with Crippen molar-refractivity contribution in [3.63, 3.8) is 0 Å². The van der Waals surface area contributed by atoms with Crippen LogP contribution in [0.3, 0.4) is 0 Å². The van der Waals surface area contributed by atoms with Crippen LogP contribution in [-0.2, 0) is 4.74 Å². The summed E-state index contributed by atoms with van der Waals surface area (Å²) in [5, 5.41) is 4.49. The maximum Gasteiger partial charge on any atom is 0.341 e. The smallest absolute Gasteiger partial charge is 0.341 e. The van der Waals surface area contributed by atoms with Crippen LogP contribution in [0.1, 0.15) is 17.3 Å². The van der Waals surface area contributed by atoms with E-state index in [1.807, 2.05) is 0 Å². The molecule has 17 heavy (non-hydrogen) atoms. The second-order valence-electron chi connectivity index (χ2n) is 3.27. The molecule has 2 rings (SSSR count). The van der Waals surface area contributed by atoms with Gasteiger partial charge in [0.2, 0.25) is 5.88 Å². The summed E-state index contributed by atoms with van der Waals surface area (Å²) >= 11 is 5.95. The Morgan fingerprint density at radius 3 is 2.94 bits per heavy atom. The zero-order valence-corrected chi connectivity index (χ0v) is 10.2. The zero-order valence-electron chi connectivity index (χ0n) is 9.44. The molecule has 0 radical (unpaired) electrons. The Labute approximate surface area is 103 Å². The molecule has 0 aliphatic rings. The van der Waals surface area contributed by atoms with Gasteiger partial charge in [0.05, 0.1) is 25.4 Å². The van der Waals surface area contributed by atoms with Gasteiger partial charge in [0, 0.05) is 0 Å². The maximum absolute atomic E-state index is 11.7. The largest absolute Gasteiger partial charge is 0.480 e. The van der Waals surface area contributed by atoms with Gasteiger partial charge in [-0.15, -0.1) is 0 Å². The number of nitrogens with zero attached hydrogens (tertiary/aromatic N) is 2. The van der Waals surface area contributed by atoms with Gasteiger partial charge in [0.1, 0.15) is 10.6 Å². The number of fused-ring (bicyclic) bond motifs is 1. The van der Waals surface area contributed by atoms with Crippen LogP contribution in [0.25, 0.3) is 5.52 Å². The summed E-state index contributed by atoms with van der Waals surface area (Å²) in [5.74, 6) is -0.0217. The molecule has 0 bridgehead atoms. The number of carbonyl (C=O) groups excluding carboxylic acids is 1. The molecule has 0 fully saturated rings. The van der Waals surface area contributed by atoms with Crippen LogP contribution in [0.4, 0.5) is 0 Å². The Morgan fingerprint density at radius 1 is 1.53 bits per heavy atom. The quantitative estimate of drug-likeness (QED) is 0.788. The number of halogens is 1. The summed E-state index contributed by atoms with van der Waals surface area (Å²) in [5.41, 5.74) is 0.992. The summed E-state index contributed by atoms with van der Waals surface area (Å²) in [6.45, 7) is 2.07. The molecule has 2 aromatic rings. The number of aromatic nitrogens is 2. The minimum absolute atomic E-state index is 0.320. The van der Waals surface area contributed by atoms with Crippen LogP contribution in [0, 0.1) is 0 Å². The predicted octanol–water partition coefficient (Wildman–Crippen LogP) is 2.17. The van der Waals surface area contributed by atoms with Gasteiger partial charge in [-0.2, -0.15) is 9.61 Å². The van der Waals surface area contributed by atoms with Gasteiger partial charge in [0.15, 0.2) is 0 Å². The second-order valence-corrected chi connectivity index (χ2v) is 3.67. The van der Waals surface area contributed by atoms with Crippen molar-refractivity contribution in [2.75, 3.05) is 13.7 Å². The van der Waals surface area contributed by atoms with Gasteiger partial charge in [0.25, 0.3) is 0 Å². The monoisotopic (exact) mass is 254 g/mol. The molecule has 0 saturated carbocycles. The average molecular weight is 255 g/mol. The molecule has 2 aromatic heterocycles. The first kappa shape index (κ1) is 11.7. The van der Waals surface area contributed by atoms with E-state index in [1.54, 1.807) is 19.1 Å². The van der Waals surface area contributed by atoms with Crippen molar-refractivity contribution in [1.82, 2.24) is 9.61 Å². The van der Waals surface area contributed by atoms with E-state index in [-0.39, 0.29) is 0 Å².